The summed E-state index contributed by atoms with van der Waals surface area (Å²) in [5.74, 6) is 1.52. The van der Waals surface area contributed by atoms with E-state index in [1.54, 1.807) is 11.3 Å². The number of nitrogen functional groups attached to an aromatic ring is 1. The van der Waals surface area contributed by atoms with E-state index in [4.69, 9.17) is 15.2 Å². The van der Waals surface area contributed by atoms with Gasteiger partial charge in [-0.1, -0.05) is 6.07 Å². The summed E-state index contributed by atoms with van der Waals surface area (Å²) in [7, 11) is 0. The third-order valence-corrected chi connectivity index (χ3v) is 4.39. The number of nitrogens with two attached hydrogens (primary N) is 1. The fourth-order valence-electron chi connectivity index (χ4n) is 2.46. The van der Waals surface area contributed by atoms with Crippen molar-refractivity contribution in [3.05, 3.63) is 34.5 Å². The first-order valence-electron chi connectivity index (χ1n) is 7.13. The fourth-order valence-corrected chi connectivity index (χ4v) is 3.16. The van der Waals surface area contributed by atoms with Crippen molar-refractivity contribution >= 4 is 22.7 Å². The lowest BCUT2D eigenvalue weighted by Crippen LogP contribution is -2.30. The van der Waals surface area contributed by atoms with E-state index in [0.717, 1.165) is 29.4 Å². The fraction of sp³-hybridized carbons (Fsp3) is 0.375. The third-order valence-electron chi connectivity index (χ3n) is 3.53. The number of ether oxygens (including phenoxy) is 2. The molecule has 2 heterocycles. The van der Waals surface area contributed by atoms with Crippen LogP contribution in [0, 0.1) is 0 Å². The molecule has 0 unspecified atom stereocenters. The van der Waals surface area contributed by atoms with Crippen molar-refractivity contribution in [1.29, 1.82) is 0 Å². The number of rotatable bonds is 4. The first-order chi connectivity index (χ1) is 10.1. The molecule has 1 aliphatic heterocycles. The average molecular weight is 304 g/mol. The normalized spacial score (nSPS) is 13.5. The van der Waals surface area contributed by atoms with Crippen LogP contribution >= 0.6 is 11.3 Å². The van der Waals surface area contributed by atoms with Crippen LogP contribution in [0.5, 0.6) is 11.5 Å². The topological polar surface area (TPSA) is 47.7 Å². The second-order valence-corrected chi connectivity index (χ2v) is 6.39. The molecule has 5 heteroatoms. The zero-order chi connectivity index (χ0) is 14.8. The molecular formula is C16H20N2O2S. The second kappa shape index (κ2) is 5.85. The minimum Gasteiger partial charge on any atom is -0.486 e. The van der Waals surface area contributed by atoms with Gasteiger partial charge in [-0.3, -0.25) is 0 Å². The predicted molar refractivity (Wildman–Crippen MR) is 87.5 cm³/mol. The first kappa shape index (κ1) is 14.1. The van der Waals surface area contributed by atoms with Gasteiger partial charge in [0.15, 0.2) is 11.5 Å². The molecule has 0 bridgehead atoms. The molecule has 112 valence electrons. The van der Waals surface area contributed by atoms with Crippen molar-refractivity contribution in [2.24, 2.45) is 0 Å². The Labute approximate surface area is 129 Å². The monoisotopic (exact) mass is 304 g/mol. The Morgan fingerprint density at radius 2 is 1.95 bits per heavy atom. The highest BCUT2D eigenvalue weighted by molar-refractivity contribution is 7.09. The summed E-state index contributed by atoms with van der Waals surface area (Å²) in [5, 5.41) is 2.10. The van der Waals surface area contributed by atoms with E-state index in [2.05, 4.69) is 36.3 Å². The molecular weight excluding hydrogens is 284 g/mol. The van der Waals surface area contributed by atoms with E-state index < -0.39 is 0 Å². The zero-order valence-electron chi connectivity index (χ0n) is 12.3. The summed E-state index contributed by atoms with van der Waals surface area (Å²) >= 11 is 1.76. The van der Waals surface area contributed by atoms with E-state index in [-0.39, 0.29) is 0 Å². The van der Waals surface area contributed by atoms with Crippen molar-refractivity contribution in [2.45, 2.75) is 26.4 Å². The Morgan fingerprint density at radius 3 is 2.57 bits per heavy atom. The maximum atomic E-state index is 6.24. The van der Waals surface area contributed by atoms with Gasteiger partial charge in [0.05, 0.1) is 17.9 Å². The summed E-state index contributed by atoms with van der Waals surface area (Å²) in [6.07, 6.45) is 0. The predicted octanol–water partition coefficient (Wildman–Crippen LogP) is 3.52. The van der Waals surface area contributed by atoms with E-state index in [1.807, 2.05) is 12.1 Å². The number of anilines is 2. The van der Waals surface area contributed by atoms with Gasteiger partial charge in [-0.2, -0.15) is 0 Å². The lowest BCUT2D eigenvalue weighted by molar-refractivity contribution is 0.172. The van der Waals surface area contributed by atoms with Crippen molar-refractivity contribution < 1.29 is 9.47 Å². The summed E-state index contributed by atoms with van der Waals surface area (Å²) in [6.45, 7) is 6.35. The van der Waals surface area contributed by atoms with Crippen LogP contribution in [0.25, 0.3) is 0 Å². The Balaban J connectivity index is 1.95. The molecule has 0 saturated carbocycles. The van der Waals surface area contributed by atoms with Gasteiger partial charge in [-0.15, -0.1) is 11.3 Å². The number of thiophene rings is 1. The molecule has 21 heavy (non-hydrogen) atoms. The quantitative estimate of drug-likeness (QED) is 0.878. The molecule has 2 aromatic rings. The average Bonchev–Trinajstić information content (AvgIpc) is 2.97. The molecule has 0 saturated heterocycles. The van der Waals surface area contributed by atoms with E-state index in [1.165, 1.54) is 4.88 Å². The molecule has 1 aromatic carbocycles. The lowest BCUT2D eigenvalue weighted by Gasteiger charge is -2.31. The van der Waals surface area contributed by atoms with Gasteiger partial charge in [0, 0.05) is 23.1 Å². The zero-order valence-corrected chi connectivity index (χ0v) is 13.2. The van der Waals surface area contributed by atoms with Crippen molar-refractivity contribution in [3.8, 4) is 11.5 Å². The van der Waals surface area contributed by atoms with Crippen LogP contribution < -0.4 is 20.1 Å². The second-order valence-electron chi connectivity index (χ2n) is 5.36. The molecule has 1 aliphatic rings. The first-order valence-corrected chi connectivity index (χ1v) is 8.01. The molecule has 0 aliphatic carbocycles. The van der Waals surface area contributed by atoms with Crippen LogP contribution in [0.15, 0.2) is 29.6 Å². The van der Waals surface area contributed by atoms with Gasteiger partial charge in [0.25, 0.3) is 0 Å². The van der Waals surface area contributed by atoms with Gasteiger partial charge >= 0.3 is 0 Å². The van der Waals surface area contributed by atoms with Crippen LogP contribution in [0.3, 0.4) is 0 Å². The minimum absolute atomic E-state index is 0.344. The highest BCUT2D eigenvalue weighted by Crippen LogP contribution is 2.39. The minimum atomic E-state index is 0.344. The summed E-state index contributed by atoms with van der Waals surface area (Å²) < 4.78 is 11.3. The van der Waals surface area contributed by atoms with Gasteiger partial charge in [0.2, 0.25) is 0 Å². The molecule has 0 radical (unpaired) electrons. The third kappa shape index (κ3) is 2.93. The van der Waals surface area contributed by atoms with Gasteiger partial charge in [0.1, 0.15) is 13.2 Å². The molecule has 1 aromatic heterocycles. The molecule has 3 rings (SSSR count). The number of hydrogen-bond acceptors (Lipinski definition) is 5. The van der Waals surface area contributed by atoms with E-state index >= 15 is 0 Å². The van der Waals surface area contributed by atoms with Crippen LogP contribution in [0.4, 0.5) is 11.4 Å². The van der Waals surface area contributed by atoms with Crippen LogP contribution in [0.2, 0.25) is 0 Å². The van der Waals surface area contributed by atoms with E-state index in [9.17, 15) is 0 Å². The largest absolute Gasteiger partial charge is 0.486 e. The van der Waals surface area contributed by atoms with Crippen molar-refractivity contribution in [1.82, 2.24) is 0 Å². The van der Waals surface area contributed by atoms with Gasteiger partial charge in [-0.05, 0) is 25.3 Å². The lowest BCUT2D eigenvalue weighted by atomic mass is 10.1. The Kier molecular flexibility index (Phi) is 3.92. The smallest absolute Gasteiger partial charge is 0.163 e. The molecule has 0 fully saturated rings. The van der Waals surface area contributed by atoms with Gasteiger partial charge < -0.3 is 20.1 Å². The summed E-state index contributed by atoms with van der Waals surface area (Å²) in [4.78, 5) is 3.61. The number of hydrogen-bond donors (Lipinski definition) is 1. The molecule has 2 N–H and O–H groups in total. The summed E-state index contributed by atoms with van der Waals surface area (Å²) in [5.41, 5.74) is 7.97. The maximum absolute atomic E-state index is 6.24. The molecule has 0 spiro atoms. The highest BCUT2D eigenvalue weighted by Gasteiger charge is 2.20. The van der Waals surface area contributed by atoms with Crippen LogP contribution in [0.1, 0.15) is 18.7 Å². The van der Waals surface area contributed by atoms with E-state index in [0.29, 0.717) is 19.3 Å². The van der Waals surface area contributed by atoms with Crippen molar-refractivity contribution in [2.75, 3.05) is 23.8 Å². The molecule has 4 nitrogen and oxygen atoms in total. The molecule has 0 atom stereocenters. The standard InChI is InChI=1S/C16H20N2O2S/c1-11(2)18(10-12-4-3-7-21-12)14-9-16-15(8-13(14)17)19-5-6-20-16/h3-4,7-9,11H,5-6,10,17H2,1-2H3. The maximum Gasteiger partial charge on any atom is 0.163 e. The SMILES string of the molecule is CC(C)N(Cc1cccs1)c1cc2c(cc1N)OCCO2. The van der Waals surface area contributed by atoms with Crippen LogP contribution in [-0.4, -0.2) is 19.3 Å². The number of nitrogens with zero attached hydrogens (tertiary/aromatic N) is 1. The number of benzene rings is 1. The number of fused-ring (bicyclic) bond motifs is 1. The Bertz CT molecular complexity index is 611. The van der Waals surface area contributed by atoms with Gasteiger partial charge in [-0.25, -0.2) is 0 Å². The molecule has 0 amide bonds. The van der Waals surface area contributed by atoms with Crippen molar-refractivity contribution in [3.63, 3.8) is 0 Å². The Hall–Kier alpha value is -1.88. The van der Waals surface area contributed by atoms with Crippen LogP contribution in [-0.2, 0) is 6.54 Å². The Morgan fingerprint density at radius 1 is 1.24 bits per heavy atom. The summed E-state index contributed by atoms with van der Waals surface area (Å²) in [6, 6.07) is 8.43. The highest BCUT2D eigenvalue weighted by atomic mass is 32.1.